The number of aromatic carboxylic acids is 1. The van der Waals surface area contributed by atoms with Crippen LogP contribution in [0.15, 0.2) is 24.3 Å². The average Bonchev–Trinajstić information content (AvgIpc) is 2.72. The topological polar surface area (TPSA) is 59.4 Å². The number of methoxy groups -OCH3 is 1. The average molecular weight is 249 g/mol. The summed E-state index contributed by atoms with van der Waals surface area (Å²) in [6, 6.07) is 7.49. The normalized spacial score (nSPS) is 10.2. The van der Waals surface area contributed by atoms with E-state index in [1.165, 1.54) is 11.3 Å². The Bertz CT molecular complexity index is 563. The van der Waals surface area contributed by atoms with Gasteiger partial charge in [-0.1, -0.05) is 12.1 Å². The highest BCUT2D eigenvalue weighted by atomic mass is 32.1. The molecule has 0 aliphatic carbocycles. The number of ether oxygens (including phenoxy) is 1. The van der Waals surface area contributed by atoms with Crippen molar-refractivity contribution in [1.29, 1.82) is 0 Å². The number of carboxylic acid groups (broad SMARTS) is 1. The van der Waals surface area contributed by atoms with E-state index in [9.17, 15) is 4.79 Å². The van der Waals surface area contributed by atoms with Gasteiger partial charge in [-0.3, -0.25) is 0 Å². The minimum atomic E-state index is -0.993. The molecule has 0 radical (unpaired) electrons. The number of thiazole rings is 1. The molecule has 0 amide bonds. The van der Waals surface area contributed by atoms with Crippen molar-refractivity contribution in [2.24, 2.45) is 0 Å². The van der Waals surface area contributed by atoms with Crippen LogP contribution in [0.1, 0.15) is 15.5 Å². The van der Waals surface area contributed by atoms with E-state index in [-0.39, 0.29) is 5.01 Å². The maximum atomic E-state index is 10.8. The van der Waals surface area contributed by atoms with Crippen molar-refractivity contribution in [3.63, 3.8) is 0 Å². The van der Waals surface area contributed by atoms with E-state index in [0.29, 0.717) is 0 Å². The Balaban J connectivity index is 2.48. The predicted octanol–water partition coefficient (Wildman–Crippen LogP) is 2.83. The first-order chi connectivity index (χ1) is 8.11. The highest BCUT2D eigenvalue weighted by Gasteiger charge is 2.14. The van der Waals surface area contributed by atoms with Crippen LogP contribution >= 0.6 is 11.3 Å². The summed E-state index contributed by atoms with van der Waals surface area (Å²) in [5.41, 5.74) is 1.65. The fourth-order valence-electron chi connectivity index (χ4n) is 1.52. The molecule has 0 spiro atoms. The highest BCUT2D eigenvalue weighted by molar-refractivity contribution is 7.17. The molecule has 0 fully saturated rings. The van der Waals surface area contributed by atoms with Gasteiger partial charge in [0, 0.05) is 0 Å². The lowest BCUT2D eigenvalue weighted by molar-refractivity contribution is 0.0696. The van der Waals surface area contributed by atoms with Crippen molar-refractivity contribution in [3.05, 3.63) is 35.0 Å². The predicted molar refractivity (Wildman–Crippen MR) is 65.8 cm³/mol. The van der Waals surface area contributed by atoms with E-state index in [1.54, 1.807) is 14.0 Å². The van der Waals surface area contributed by atoms with Crippen molar-refractivity contribution < 1.29 is 14.6 Å². The molecule has 0 bridgehead atoms. The fourth-order valence-corrected chi connectivity index (χ4v) is 2.42. The lowest BCUT2D eigenvalue weighted by atomic mass is 10.1. The fraction of sp³-hybridized carbons (Fsp3) is 0.167. The SMILES string of the molecule is COc1cccc(-c2sc(C(=O)O)nc2C)c1. The van der Waals surface area contributed by atoms with E-state index in [4.69, 9.17) is 9.84 Å². The molecule has 0 aliphatic heterocycles. The molecule has 88 valence electrons. The van der Waals surface area contributed by atoms with Gasteiger partial charge >= 0.3 is 5.97 Å². The van der Waals surface area contributed by atoms with Crippen LogP contribution in [0.4, 0.5) is 0 Å². The molecule has 1 N–H and O–H groups in total. The minimum Gasteiger partial charge on any atom is -0.497 e. The Morgan fingerprint density at radius 2 is 2.24 bits per heavy atom. The molecule has 0 saturated carbocycles. The summed E-state index contributed by atoms with van der Waals surface area (Å²) >= 11 is 1.17. The monoisotopic (exact) mass is 249 g/mol. The second kappa shape index (κ2) is 4.55. The molecule has 0 saturated heterocycles. The highest BCUT2D eigenvalue weighted by Crippen LogP contribution is 2.31. The van der Waals surface area contributed by atoms with E-state index < -0.39 is 5.97 Å². The Morgan fingerprint density at radius 1 is 1.47 bits per heavy atom. The lowest BCUT2D eigenvalue weighted by Crippen LogP contribution is -1.93. The smallest absolute Gasteiger partial charge is 0.365 e. The molecule has 1 heterocycles. The number of nitrogens with zero attached hydrogens (tertiary/aromatic N) is 1. The van der Waals surface area contributed by atoms with E-state index in [1.807, 2.05) is 24.3 Å². The van der Waals surface area contributed by atoms with E-state index in [0.717, 1.165) is 21.9 Å². The van der Waals surface area contributed by atoms with E-state index in [2.05, 4.69) is 4.98 Å². The van der Waals surface area contributed by atoms with Crippen molar-refractivity contribution in [2.45, 2.75) is 6.92 Å². The van der Waals surface area contributed by atoms with Gasteiger partial charge in [0.05, 0.1) is 17.7 Å². The van der Waals surface area contributed by atoms with Gasteiger partial charge in [-0.15, -0.1) is 11.3 Å². The Labute approximate surface area is 103 Å². The summed E-state index contributed by atoms with van der Waals surface area (Å²) in [4.78, 5) is 15.7. The molecule has 0 aliphatic rings. The number of hydrogen-bond acceptors (Lipinski definition) is 4. The largest absolute Gasteiger partial charge is 0.497 e. The van der Waals surface area contributed by atoms with Crippen LogP contribution < -0.4 is 4.74 Å². The summed E-state index contributed by atoms with van der Waals surface area (Å²) in [7, 11) is 1.60. The van der Waals surface area contributed by atoms with Crippen LogP contribution in [0.25, 0.3) is 10.4 Å². The Kier molecular flexibility index (Phi) is 3.10. The van der Waals surface area contributed by atoms with Gasteiger partial charge in [-0.2, -0.15) is 0 Å². The quantitative estimate of drug-likeness (QED) is 0.908. The molecule has 2 aromatic rings. The van der Waals surface area contributed by atoms with Gasteiger partial charge in [0.1, 0.15) is 5.75 Å². The first-order valence-corrected chi connectivity index (χ1v) is 5.78. The zero-order valence-electron chi connectivity index (χ0n) is 9.43. The number of benzene rings is 1. The maximum Gasteiger partial charge on any atom is 0.365 e. The van der Waals surface area contributed by atoms with Crippen LogP contribution in [0, 0.1) is 6.92 Å². The molecule has 1 aromatic heterocycles. The van der Waals surface area contributed by atoms with E-state index >= 15 is 0 Å². The van der Waals surface area contributed by atoms with Crippen LogP contribution in [0.2, 0.25) is 0 Å². The molecular formula is C12H11NO3S. The van der Waals surface area contributed by atoms with Gasteiger partial charge in [-0.25, -0.2) is 9.78 Å². The number of hydrogen-bond donors (Lipinski definition) is 1. The van der Waals surface area contributed by atoms with Gasteiger partial charge in [0.25, 0.3) is 0 Å². The number of carboxylic acids is 1. The third-order valence-electron chi connectivity index (χ3n) is 2.31. The third-order valence-corrected chi connectivity index (χ3v) is 3.51. The molecular weight excluding hydrogens is 238 g/mol. The van der Waals surface area contributed by atoms with Crippen molar-refractivity contribution >= 4 is 17.3 Å². The Morgan fingerprint density at radius 3 is 2.82 bits per heavy atom. The van der Waals surface area contributed by atoms with Crippen LogP contribution in [-0.2, 0) is 0 Å². The number of rotatable bonds is 3. The van der Waals surface area contributed by atoms with Crippen LogP contribution in [0.3, 0.4) is 0 Å². The number of aryl methyl sites for hydroxylation is 1. The first kappa shape index (κ1) is 11.6. The summed E-state index contributed by atoms with van der Waals surface area (Å²) in [6.07, 6.45) is 0. The van der Waals surface area contributed by atoms with Gasteiger partial charge < -0.3 is 9.84 Å². The van der Waals surface area contributed by atoms with Crippen molar-refractivity contribution in [3.8, 4) is 16.2 Å². The second-order valence-electron chi connectivity index (χ2n) is 3.47. The number of carbonyl (C=O) groups is 1. The molecule has 17 heavy (non-hydrogen) atoms. The standard InChI is InChI=1S/C12H11NO3S/c1-7-10(17-11(13-7)12(14)15)8-4-3-5-9(6-8)16-2/h3-6H,1-2H3,(H,14,15). The number of aromatic nitrogens is 1. The molecule has 0 atom stereocenters. The zero-order chi connectivity index (χ0) is 12.4. The van der Waals surface area contributed by atoms with Crippen molar-refractivity contribution in [1.82, 2.24) is 4.98 Å². The molecule has 5 heteroatoms. The van der Waals surface area contributed by atoms with Gasteiger partial charge in [0.2, 0.25) is 5.01 Å². The van der Waals surface area contributed by atoms with Gasteiger partial charge in [-0.05, 0) is 24.6 Å². The summed E-state index contributed by atoms with van der Waals surface area (Å²) < 4.78 is 5.14. The van der Waals surface area contributed by atoms with Gasteiger partial charge in [0.15, 0.2) is 0 Å². The first-order valence-electron chi connectivity index (χ1n) is 4.97. The van der Waals surface area contributed by atoms with Crippen LogP contribution in [-0.4, -0.2) is 23.2 Å². The molecule has 1 aromatic carbocycles. The van der Waals surface area contributed by atoms with Crippen LogP contribution in [0.5, 0.6) is 5.75 Å². The molecule has 2 rings (SSSR count). The zero-order valence-corrected chi connectivity index (χ0v) is 10.2. The lowest BCUT2D eigenvalue weighted by Gasteiger charge is -2.02. The summed E-state index contributed by atoms with van der Waals surface area (Å²) in [5.74, 6) is -0.251. The summed E-state index contributed by atoms with van der Waals surface area (Å²) in [6.45, 7) is 1.80. The summed E-state index contributed by atoms with van der Waals surface area (Å²) in [5, 5.41) is 9.00. The third kappa shape index (κ3) is 2.29. The minimum absolute atomic E-state index is 0.111. The molecule has 0 unspecified atom stereocenters. The maximum absolute atomic E-state index is 10.8. The molecule has 4 nitrogen and oxygen atoms in total. The van der Waals surface area contributed by atoms with Crippen molar-refractivity contribution in [2.75, 3.05) is 7.11 Å². The second-order valence-corrected chi connectivity index (χ2v) is 4.47. The Hall–Kier alpha value is -1.88.